The van der Waals surface area contributed by atoms with Crippen LogP contribution in [0.5, 0.6) is 11.5 Å². The predicted octanol–water partition coefficient (Wildman–Crippen LogP) is 4.53. The van der Waals surface area contributed by atoms with Crippen molar-refractivity contribution in [3.63, 3.8) is 0 Å². The first kappa shape index (κ1) is 20.7. The molecule has 152 valence electrons. The largest absolute Gasteiger partial charge is 0.497 e. The highest BCUT2D eigenvalue weighted by Gasteiger charge is 2.09. The third kappa shape index (κ3) is 5.51. The molecule has 1 aromatic heterocycles. The van der Waals surface area contributed by atoms with Crippen molar-refractivity contribution in [1.82, 2.24) is 10.3 Å². The number of fused-ring (bicyclic) bond motifs is 1. The Morgan fingerprint density at radius 2 is 1.72 bits per heavy atom. The number of pyridine rings is 1. The van der Waals surface area contributed by atoms with E-state index in [-0.39, 0.29) is 5.91 Å². The van der Waals surface area contributed by atoms with Crippen LogP contribution < -0.4 is 20.1 Å². The van der Waals surface area contributed by atoms with Crippen LogP contribution in [-0.4, -0.2) is 38.2 Å². The van der Waals surface area contributed by atoms with Crippen molar-refractivity contribution in [3.8, 4) is 11.5 Å². The lowest BCUT2D eigenvalue weighted by atomic mass is 10.1. The number of benzene rings is 2. The molecule has 0 atom stereocenters. The van der Waals surface area contributed by atoms with E-state index in [0.717, 1.165) is 36.0 Å². The van der Waals surface area contributed by atoms with Gasteiger partial charge < -0.3 is 20.1 Å². The molecule has 2 aromatic carbocycles. The molecule has 29 heavy (non-hydrogen) atoms. The van der Waals surface area contributed by atoms with Crippen LogP contribution in [0, 0.1) is 0 Å². The highest BCUT2D eigenvalue weighted by Crippen LogP contribution is 2.24. The zero-order valence-electron chi connectivity index (χ0n) is 16.5. The summed E-state index contributed by atoms with van der Waals surface area (Å²) in [6.45, 7) is 1.39. The van der Waals surface area contributed by atoms with Gasteiger partial charge in [0.25, 0.3) is 5.91 Å². The Morgan fingerprint density at radius 3 is 2.45 bits per heavy atom. The van der Waals surface area contributed by atoms with Gasteiger partial charge in [-0.2, -0.15) is 0 Å². The fourth-order valence-electron chi connectivity index (χ4n) is 2.99. The Hall–Kier alpha value is -2.99. The van der Waals surface area contributed by atoms with Crippen LogP contribution in [0.4, 0.5) is 5.69 Å². The summed E-state index contributed by atoms with van der Waals surface area (Å²) < 4.78 is 10.4. The third-order valence-electron chi connectivity index (χ3n) is 4.52. The van der Waals surface area contributed by atoms with Crippen LogP contribution in [0.25, 0.3) is 10.9 Å². The number of ether oxygens (including phenoxy) is 2. The van der Waals surface area contributed by atoms with E-state index in [1.807, 2.05) is 24.3 Å². The van der Waals surface area contributed by atoms with Crippen LogP contribution >= 0.6 is 11.6 Å². The van der Waals surface area contributed by atoms with E-state index < -0.39 is 0 Å². The molecule has 2 N–H and O–H groups in total. The number of carbonyl (C=O) groups is 1. The van der Waals surface area contributed by atoms with Crippen molar-refractivity contribution >= 4 is 34.1 Å². The average Bonchev–Trinajstić information content (AvgIpc) is 2.75. The van der Waals surface area contributed by atoms with Gasteiger partial charge in [0.05, 0.1) is 19.7 Å². The second-order valence-corrected chi connectivity index (χ2v) is 6.95. The molecule has 0 aliphatic carbocycles. The van der Waals surface area contributed by atoms with Gasteiger partial charge in [0.15, 0.2) is 0 Å². The maximum absolute atomic E-state index is 12.4. The molecule has 3 rings (SSSR count). The summed E-state index contributed by atoms with van der Waals surface area (Å²) in [6.07, 6.45) is 3.54. The molecular weight excluding hydrogens is 390 g/mol. The number of unbranched alkanes of at least 4 members (excludes halogenated alkanes) is 1. The van der Waals surface area contributed by atoms with E-state index in [2.05, 4.69) is 15.6 Å². The molecule has 0 bridgehead atoms. The molecule has 7 heteroatoms. The summed E-state index contributed by atoms with van der Waals surface area (Å²) in [4.78, 5) is 16.7. The van der Waals surface area contributed by atoms with E-state index >= 15 is 0 Å². The lowest BCUT2D eigenvalue weighted by Gasteiger charge is -2.11. The van der Waals surface area contributed by atoms with Crippen LogP contribution in [0.2, 0.25) is 5.02 Å². The number of carbonyl (C=O) groups excluding carboxylic acids is 1. The van der Waals surface area contributed by atoms with Gasteiger partial charge in [-0.25, -0.2) is 0 Å². The fourth-order valence-corrected chi connectivity index (χ4v) is 3.16. The smallest absolute Gasteiger partial charge is 0.251 e. The molecule has 0 fully saturated rings. The Kier molecular flexibility index (Phi) is 7.14. The van der Waals surface area contributed by atoms with Crippen molar-refractivity contribution in [2.75, 3.05) is 32.6 Å². The molecule has 0 radical (unpaired) electrons. The van der Waals surface area contributed by atoms with Gasteiger partial charge in [0, 0.05) is 47.0 Å². The third-order valence-corrected chi connectivity index (χ3v) is 4.76. The van der Waals surface area contributed by atoms with E-state index in [1.165, 1.54) is 0 Å². The Balaban J connectivity index is 1.45. The SMILES string of the molecule is COc1cc(OC)cc(C(=O)NCCCCNc2ccnc3cc(Cl)ccc23)c1. The van der Waals surface area contributed by atoms with Crippen LogP contribution in [-0.2, 0) is 0 Å². The number of anilines is 1. The summed E-state index contributed by atoms with van der Waals surface area (Å²) in [6, 6.07) is 12.8. The highest BCUT2D eigenvalue weighted by molar-refractivity contribution is 6.31. The first-order valence-corrected chi connectivity index (χ1v) is 9.78. The quantitative estimate of drug-likeness (QED) is 0.504. The second kappa shape index (κ2) is 9.98. The van der Waals surface area contributed by atoms with Gasteiger partial charge >= 0.3 is 0 Å². The van der Waals surface area contributed by atoms with Crippen molar-refractivity contribution < 1.29 is 14.3 Å². The predicted molar refractivity (Wildman–Crippen MR) is 116 cm³/mol. The number of aromatic nitrogens is 1. The molecule has 0 aliphatic rings. The summed E-state index contributed by atoms with van der Waals surface area (Å²) in [5.74, 6) is 1.03. The average molecular weight is 414 g/mol. The lowest BCUT2D eigenvalue weighted by Crippen LogP contribution is -2.24. The normalized spacial score (nSPS) is 10.6. The topological polar surface area (TPSA) is 72.5 Å². The Labute approximate surface area is 175 Å². The number of hydrogen-bond donors (Lipinski definition) is 2. The second-order valence-electron chi connectivity index (χ2n) is 6.51. The minimum absolute atomic E-state index is 0.146. The molecule has 0 saturated heterocycles. The summed E-state index contributed by atoms with van der Waals surface area (Å²) in [5.41, 5.74) is 2.41. The first-order valence-electron chi connectivity index (χ1n) is 9.40. The fraction of sp³-hybridized carbons (Fsp3) is 0.273. The van der Waals surface area contributed by atoms with E-state index in [1.54, 1.807) is 38.6 Å². The lowest BCUT2D eigenvalue weighted by molar-refractivity contribution is 0.0952. The van der Waals surface area contributed by atoms with Gasteiger partial charge in [-0.1, -0.05) is 11.6 Å². The number of halogens is 1. The molecule has 0 spiro atoms. The monoisotopic (exact) mass is 413 g/mol. The zero-order chi connectivity index (χ0) is 20.6. The molecule has 3 aromatic rings. The standard InChI is InChI=1S/C22H24ClN3O3/c1-28-17-11-15(12-18(14-17)29-2)22(27)26-9-4-3-8-24-20-7-10-25-21-13-16(23)5-6-19(20)21/h5-7,10-14H,3-4,8-9H2,1-2H3,(H,24,25)(H,26,27). The van der Waals surface area contributed by atoms with Gasteiger partial charge in [0.2, 0.25) is 0 Å². The minimum atomic E-state index is -0.146. The summed E-state index contributed by atoms with van der Waals surface area (Å²) in [7, 11) is 3.12. The Morgan fingerprint density at radius 1 is 1.00 bits per heavy atom. The van der Waals surface area contributed by atoms with Gasteiger partial charge in [-0.15, -0.1) is 0 Å². The minimum Gasteiger partial charge on any atom is -0.497 e. The van der Waals surface area contributed by atoms with Crippen LogP contribution in [0.3, 0.4) is 0 Å². The van der Waals surface area contributed by atoms with E-state index in [0.29, 0.717) is 28.6 Å². The van der Waals surface area contributed by atoms with E-state index in [9.17, 15) is 4.79 Å². The number of hydrogen-bond acceptors (Lipinski definition) is 5. The van der Waals surface area contributed by atoms with Gasteiger partial charge in [-0.3, -0.25) is 9.78 Å². The number of amides is 1. The van der Waals surface area contributed by atoms with Crippen LogP contribution in [0.1, 0.15) is 23.2 Å². The maximum atomic E-state index is 12.4. The number of rotatable bonds is 9. The van der Waals surface area contributed by atoms with Crippen molar-refractivity contribution in [2.45, 2.75) is 12.8 Å². The molecule has 0 saturated carbocycles. The van der Waals surface area contributed by atoms with Gasteiger partial charge in [0.1, 0.15) is 11.5 Å². The zero-order valence-corrected chi connectivity index (χ0v) is 17.3. The summed E-state index contributed by atoms with van der Waals surface area (Å²) in [5, 5.41) is 8.07. The van der Waals surface area contributed by atoms with E-state index in [4.69, 9.17) is 21.1 Å². The highest BCUT2D eigenvalue weighted by atomic mass is 35.5. The number of nitrogens with one attached hydrogen (secondary N) is 2. The molecule has 6 nitrogen and oxygen atoms in total. The number of nitrogens with zero attached hydrogens (tertiary/aromatic N) is 1. The number of methoxy groups -OCH3 is 2. The molecule has 0 aliphatic heterocycles. The molecule has 0 unspecified atom stereocenters. The Bertz CT molecular complexity index is 972. The van der Waals surface area contributed by atoms with Crippen molar-refractivity contribution in [1.29, 1.82) is 0 Å². The first-order chi connectivity index (χ1) is 14.1. The van der Waals surface area contributed by atoms with Crippen molar-refractivity contribution in [2.24, 2.45) is 0 Å². The summed E-state index contributed by atoms with van der Waals surface area (Å²) >= 11 is 6.03. The van der Waals surface area contributed by atoms with Crippen LogP contribution in [0.15, 0.2) is 48.7 Å². The maximum Gasteiger partial charge on any atom is 0.251 e. The van der Waals surface area contributed by atoms with Gasteiger partial charge in [-0.05, 0) is 49.2 Å². The molecular formula is C22H24ClN3O3. The van der Waals surface area contributed by atoms with Crippen molar-refractivity contribution in [3.05, 3.63) is 59.2 Å². The molecule has 1 heterocycles. The molecule has 1 amide bonds.